The molecule has 3 aromatic carbocycles. The first-order valence-electron chi connectivity index (χ1n) is 11.7. The first-order chi connectivity index (χ1) is 15.7. The molecule has 4 rings (SSSR count). The SMILES string of the molecule is O=C(C[C@H]1CCC[C@H](CC(=O)c2ccccc2)N1CCc1ccccc1)c1ccccc1. The van der Waals surface area contributed by atoms with Gasteiger partial charge in [-0.05, 0) is 24.8 Å². The monoisotopic (exact) mass is 425 g/mol. The lowest BCUT2D eigenvalue weighted by molar-refractivity contribution is 0.0596. The molecule has 3 nitrogen and oxygen atoms in total. The Morgan fingerprint density at radius 2 is 1.09 bits per heavy atom. The molecule has 1 saturated heterocycles. The minimum absolute atomic E-state index is 0.175. The lowest BCUT2D eigenvalue weighted by Crippen LogP contribution is -2.49. The summed E-state index contributed by atoms with van der Waals surface area (Å²) in [6.07, 6.45) is 5.00. The quantitative estimate of drug-likeness (QED) is 0.395. The molecule has 2 atom stereocenters. The molecule has 0 aromatic heterocycles. The van der Waals surface area contributed by atoms with E-state index < -0.39 is 0 Å². The van der Waals surface area contributed by atoms with Crippen LogP contribution in [0.5, 0.6) is 0 Å². The molecule has 32 heavy (non-hydrogen) atoms. The summed E-state index contributed by atoms with van der Waals surface area (Å²) in [6.45, 7) is 0.865. The fourth-order valence-corrected chi connectivity index (χ4v) is 4.84. The number of hydrogen-bond acceptors (Lipinski definition) is 3. The number of rotatable bonds is 9. The Kier molecular flexibility index (Phi) is 7.63. The topological polar surface area (TPSA) is 37.4 Å². The van der Waals surface area contributed by atoms with Crippen molar-refractivity contribution in [3.05, 3.63) is 108 Å². The van der Waals surface area contributed by atoms with Crippen LogP contribution in [0.15, 0.2) is 91.0 Å². The molecule has 1 heterocycles. The summed E-state index contributed by atoms with van der Waals surface area (Å²) in [7, 11) is 0. The third kappa shape index (κ3) is 5.80. The van der Waals surface area contributed by atoms with E-state index in [1.54, 1.807) is 0 Å². The highest BCUT2D eigenvalue weighted by atomic mass is 16.1. The normalized spacial score (nSPS) is 18.9. The van der Waals surface area contributed by atoms with Gasteiger partial charge in [0.1, 0.15) is 0 Å². The van der Waals surface area contributed by atoms with Crippen LogP contribution in [0.1, 0.15) is 58.4 Å². The number of carbonyl (C=O) groups is 2. The highest BCUT2D eigenvalue weighted by molar-refractivity contribution is 5.97. The number of nitrogens with zero attached hydrogens (tertiary/aromatic N) is 1. The zero-order chi connectivity index (χ0) is 22.2. The van der Waals surface area contributed by atoms with Crippen LogP contribution in [0.25, 0.3) is 0 Å². The van der Waals surface area contributed by atoms with E-state index in [9.17, 15) is 9.59 Å². The summed E-state index contributed by atoms with van der Waals surface area (Å²) in [6, 6.07) is 30.0. The second-order valence-electron chi connectivity index (χ2n) is 8.70. The molecule has 0 spiro atoms. The highest BCUT2D eigenvalue weighted by Crippen LogP contribution is 2.29. The third-order valence-corrected chi connectivity index (χ3v) is 6.55. The number of likely N-dealkylation sites (tertiary alicyclic amines) is 1. The summed E-state index contributed by atoms with van der Waals surface area (Å²) in [5, 5.41) is 0. The van der Waals surface area contributed by atoms with Gasteiger partial charge in [-0.2, -0.15) is 0 Å². The van der Waals surface area contributed by atoms with Crippen molar-refractivity contribution in [1.82, 2.24) is 4.90 Å². The first kappa shape index (κ1) is 22.2. The summed E-state index contributed by atoms with van der Waals surface area (Å²) in [4.78, 5) is 28.4. The van der Waals surface area contributed by atoms with Crippen molar-refractivity contribution in [2.75, 3.05) is 6.54 Å². The smallest absolute Gasteiger partial charge is 0.164 e. The molecule has 1 aliphatic rings. The van der Waals surface area contributed by atoms with Crippen molar-refractivity contribution in [2.24, 2.45) is 0 Å². The molecule has 0 saturated carbocycles. The zero-order valence-corrected chi connectivity index (χ0v) is 18.5. The standard InChI is InChI=1S/C29H31NO2/c31-28(24-13-6-2-7-14-24)21-26-17-10-18-27(22-29(32)25-15-8-3-9-16-25)30(26)20-19-23-11-4-1-5-12-23/h1-9,11-16,26-27H,10,17-22H2/t26-,27-/m1/s1. The number of ketones is 2. The second-order valence-corrected chi connectivity index (χ2v) is 8.70. The Hall–Kier alpha value is -3.04. The summed E-state index contributed by atoms with van der Waals surface area (Å²) in [5.74, 6) is 0.380. The fourth-order valence-electron chi connectivity index (χ4n) is 4.84. The predicted molar refractivity (Wildman–Crippen MR) is 129 cm³/mol. The van der Waals surface area contributed by atoms with E-state index in [1.165, 1.54) is 5.56 Å². The zero-order valence-electron chi connectivity index (χ0n) is 18.5. The molecule has 0 bridgehead atoms. The second kappa shape index (κ2) is 11.0. The van der Waals surface area contributed by atoms with Crippen LogP contribution in [-0.4, -0.2) is 35.1 Å². The minimum Gasteiger partial charge on any atom is -0.296 e. The van der Waals surface area contributed by atoms with E-state index in [-0.39, 0.29) is 23.7 Å². The Morgan fingerprint density at radius 3 is 1.56 bits per heavy atom. The van der Waals surface area contributed by atoms with E-state index >= 15 is 0 Å². The molecular weight excluding hydrogens is 394 g/mol. The van der Waals surface area contributed by atoms with Crippen molar-refractivity contribution in [3.63, 3.8) is 0 Å². The van der Waals surface area contributed by atoms with Gasteiger partial charge in [0.25, 0.3) is 0 Å². The molecular formula is C29H31NO2. The number of hydrogen-bond donors (Lipinski definition) is 0. The van der Waals surface area contributed by atoms with Gasteiger partial charge >= 0.3 is 0 Å². The number of Topliss-reactive ketones (excluding diaryl/α,β-unsaturated/α-hetero) is 2. The molecule has 3 aromatic rings. The van der Waals surface area contributed by atoms with E-state index in [0.29, 0.717) is 12.8 Å². The number of benzene rings is 3. The maximum absolute atomic E-state index is 13.0. The summed E-state index contributed by atoms with van der Waals surface area (Å²) >= 11 is 0. The van der Waals surface area contributed by atoms with Crippen molar-refractivity contribution < 1.29 is 9.59 Å². The largest absolute Gasteiger partial charge is 0.296 e. The number of piperidine rings is 1. The van der Waals surface area contributed by atoms with Crippen LogP contribution in [-0.2, 0) is 6.42 Å². The van der Waals surface area contributed by atoms with Gasteiger partial charge in [-0.25, -0.2) is 0 Å². The molecule has 1 fully saturated rings. The minimum atomic E-state index is 0.175. The average Bonchev–Trinajstić information content (AvgIpc) is 2.85. The maximum Gasteiger partial charge on any atom is 0.164 e. The van der Waals surface area contributed by atoms with Gasteiger partial charge < -0.3 is 0 Å². The Bertz CT molecular complexity index is 940. The van der Waals surface area contributed by atoms with Gasteiger partial charge in [-0.1, -0.05) is 97.4 Å². The van der Waals surface area contributed by atoms with Crippen LogP contribution in [0.3, 0.4) is 0 Å². The third-order valence-electron chi connectivity index (χ3n) is 6.55. The Morgan fingerprint density at radius 1 is 0.656 bits per heavy atom. The van der Waals surface area contributed by atoms with E-state index in [0.717, 1.165) is 43.4 Å². The summed E-state index contributed by atoms with van der Waals surface area (Å²) < 4.78 is 0. The highest BCUT2D eigenvalue weighted by Gasteiger charge is 2.33. The lowest BCUT2D eigenvalue weighted by atomic mass is 9.87. The van der Waals surface area contributed by atoms with E-state index in [4.69, 9.17) is 0 Å². The van der Waals surface area contributed by atoms with Crippen molar-refractivity contribution >= 4 is 11.6 Å². The average molecular weight is 426 g/mol. The first-order valence-corrected chi connectivity index (χ1v) is 11.7. The van der Waals surface area contributed by atoms with Crippen LogP contribution in [0.2, 0.25) is 0 Å². The molecule has 0 aliphatic carbocycles. The van der Waals surface area contributed by atoms with Gasteiger partial charge in [-0.15, -0.1) is 0 Å². The van der Waals surface area contributed by atoms with Crippen LogP contribution in [0.4, 0.5) is 0 Å². The van der Waals surface area contributed by atoms with E-state index in [2.05, 4.69) is 29.2 Å². The molecule has 0 amide bonds. The molecule has 1 aliphatic heterocycles. The van der Waals surface area contributed by atoms with Crippen LogP contribution < -0.4 is 0 Å². The van der Waals surface area contributed by atoms with E-state index in [1.807, 2.05) is 66.7 Å². The fraction of sp³-hybridized carbons (Fsp3) is 0.310. The van der Waals surface area contributed by atoms with Crippen molar-refractivity contribution in [1.29, 1.82) is 0 Å². The molecule has 3 heteroatoms. The van der Waals surface area contributed by atoms with Crippen LogP contribution >= 0.6 is 0 Å². The van der Waals surface area contributed by atoms with Gasteiger partial charge in [0.2, 0.25) is 0 Å². The Labute approximate surface area is 191 Å². The summed E-state index contributed by atoms with van der Waals surface area (Å²) in [5.41, 5.74) is 2.84. The maximum atomic E-state index is 13.0. The molecule has 0 unspecified atom stereocenters. The lowest BCUT2D eigenvalue weighted by Gasteiger charge is -2.42. The van der Waals surface area contributed by atoms with Gasteiger partial charge in [0.15, 0.2) is 11.6 Å². The predicted octanol–water partition coefficient (Wildman–Crippen LogP) is 6.00. The van der Waals surface area contributed by atoms with Gasteiger partial charge in [0.05, 0.1) is 0 Å². The molecule has 164 valence electrons. The Balaban J connectivity index is 1.50. The van der Waals surface area contributed by atoms with Crippen LogP contribution in [0, 0.1) is 0 Å². The van der Waals surface area contributed by atoms with Gasteiger partial charge in [-0.3, -0.25) is 14.5 Å². The van der Waals surface area contributed by atoms with Gasteiger partial charge in [0, 0.05) is 42.6 Å². The number of carbonyl (C=O) groups excluding carboxylic acids is 2. The molecule has 0 radical (unpaired) electrons. The van der Waals surface area contributed by atoms with Crippen molar-refractivity contribution in [3.8, 4) is 0 Å². The molecule has 0 N–H and O–H groups in total. The van der Waals surface area contributed by atoms with Crippen molar-refractivity contribution in [2.45, 2.75) is 50.6 Å².